The average molecular weight is 216 g/mol. The lowest BCUT2D eigenvalue weighted by molar-refractivity contribution is -0.118. The van der Waals surface area contributed by atoms with Crippen molar-refractivity contribution in [1.82, 2.24) is 4.98 Å². The van der Waals surface area contributed by atoms with Gasteiger partial charge in [0, 0.05) is 0 Å². The normalized spacial score (nSPS) is 17.2. The summed E-state index contributed by atoms with van der Waals surface area (Å²) in [6.07, 6.45) is 0. The maximum absolute atomic E-state index is 11.4. The molecular weight excluding hydrogens is 208 g/mol. The van der Waals surface area contributed by atoms with Crippen LogP contribution < -0.4 is 5.73 Å². The second kappa shape index (κ2) is 2.90. The van der Waals surface area contributed by atoms with Crippen LogP contribution in [0.3, 0.4) is 0 Å². The van der Waals surface area contributed by atoms with Crippen molar-refractivity contribution >= 4 is 17.2 Å². The Morgan fingerprint density at radius 2 is 2.20 bits per heavy atom. The summed E-state index contributed by atoms with van der Waals surface area (Å²) in [6.45, 7) is 0. The van der Waals surface area contributed by atoms with Crippen molar-refractivity contribution < 1.29 is 4.79 Å². The number of benzene rings is 1. The number of carbonyl (C=O) groups excluding carboxylic acids is 1. The summed E-state index contributed by atoms with van der Waals surface area (Å²) in [5.41, 5.74) is 10.1. The molecule has 1 aliphatic carbocycles. The molecule has 2 aromatic rings. The molecule has 15 heavy (non-hydrogen) atoms. The summed E-state index contributed by atoms with van der Waals surface area (Å²) in [7, 11) is 0. The first kappa shape index (κ1) is 8.61. The highest BCUT2D eigenvalue weighted by Gasteiger charge is 2.34. The number of hydrogen-bond acceptors (Lipinski definition) is 3. The van der Waals surface area contributed by atoms with E-state index in [1.54, 1.807) is 16.8 Å². The van der Waals surface area contributed by atoms with E-state index in [0.29, 0.717) is 0 Å². The minimum Gasteiger partial charge on any atom is -0.369 e. The van der Waals surface area contributed by atoms with Crippen molar-refractivity contribution in [3.63, 3.8) is 0 Å². The van der Waals surface area contributed by atoms with Gasteiger partial charge in [0.1, 0.15) is 5.92 Å². The molecule has 1 atom stereocenters. The van der Waals surface area contributed by atoms with E-state index in [-0.39, 0.29) is 11.8 Å². The van der Waals surface area contributed by atoms with Crippen LogP contribution in [0.15, 0.2) is 29.8 Å². The average Bonchev–Trinajstić information content (AvgIpc) is 2.75. The molecule has 74 valence electrons. The third-order valence-corrected chi connectivity index (χ3v) is 3.54. The molecule has 0 fully saturated rings. The number of thiazole rings is 1. The van der Waals surface area contributed by atoms with E-state index in [1.165, 1.54) is 0 Å². The summed E-state index contributed by atoms with van der Waals surface area (Å²) < 4.78 is 0. The predicted molar refractivity (Wildman–Crippen MR) is 58.6 cm³/mol. The topological polar surface area (TPSA) is 56.0 Å². The van der Waals surface area contributed by atoms with Crippen molar-refractivity contribution in [1.29, 1.82) is 0 Å². The zero-order valence-electron chi connectivity index (χ0n) is 7.81. The van der Waals surface area contributed by atoms with Crippen LogP contribution in [0.4, 0.5) is 0 Å². The number of rotatable bonds is 1. The molecule has 2 N–H and O–H groups in total. The van der Waals surface area contributed by atoms with Crippen LogP contribution in [-0.4, -0.2) is 10.9 Å². The number of nitrogens with zero attached hydrogens (tertiary/aromatic N) is 1. The minimum atomic E-state index is -0.359. The molecule has 1 aromatic heterocycles. The molecule has 1 aromatic carbocycles. The van der Waals surface area contributed by atoms with Gasteiger partial charge in [0.2, 0.25) is 5.91 Å². The lowest BCUT2D eigenvalue weighted by atomic mass is 10.00. The Bertz CT molecular complexity index is 547. The number of fused-ring (bicyclic) bond motifs is 3. The molecule has 0 saturated heterocycles. The molecule has 3 rings (SSSR count). The Balaban J connectivity index is 2.33. The third kappa shape index (κ3) is 1.05. The number of hydrogen-bond donors (Lipinski definition) is 1. The Hall–Kier alpha value is -1.68. The fourth-order valence-electron chi connectivity index (χ4n) is 2.05. The van der Waals surface area contributed by atoms with Crippen molar-refractivity contribution in [3.05, 3.63) is 41.0 Å². The van der Waals surface area contributed by atoms with E-state index in [9.17, 15) is 4.79 Å². The lowest BCUT2D eigenvalue weighted by Crippen LogP contribution is -2.20. The van der Waals surface area contributed by atoms with Crippen LogP contribution in [0.2, 0.25) is 0 Å². The summed E-state index contributed by atoms with van der Waals surface area (Å²) >= 11 is 1.56. The van der Waals surface area contributed by atoms with Crippen LogP contribution in [0.25, 0.3) is 10.4 Å². The monoisotopic (exact) mass is 216 g/mol. The second-order valence-electron chi connectivity index (χ2n) is 3.49. The van der Waals surface area contributed by atoms with Crippen molar-refractivity contribution in [3.8, 4) is 10.4 Å². The fourth-order valence-corrected chi connectivity index (χ4v) is 2.93. The van der Waals surface area contributed by atoms with Crippen molar-refractivity contribution in [2.75, 3.05) is 0 Å². The standard InChI is InChI=1S/C11H8N2OS/c12-11(14)8-6-3-1-2-4-7(6)10-9(8)13-5-15-10/h1-5,8H,(H2,12,14)/t8-/m0/s1. The van der Waals surface area contributed by atoms with Gasteiger partial charge in [0.25, 0.3) is 0 Å². The van der Waals surface area contributed by atoms with E-state index in [2.05, 4.69) is 4.98 Å². The molecule has 1 amide bonds. The molecule has 0 unspecified atom stereocenters. The maximum atomic E-state index is 11.4. The van der Waals surface area contributed by atoms with Gasteiger partial charge in [-0.05, 0) is 11.1 Å². The predicted octanol–water partition coefficient (Wildman–Crippen LogP) is 1.74. The quantitative estimate of drug-likeness (QED) is 0.789. The Kier molecular flexibility index (Phi) is 1.67. The number of nitrogens with two attached hydrogens (primary N) is 1. The molecule has 0 bridgehead atoms. The van der Waals surface area contributed by atoms with Crippen LogP contribution in [0.5, 0.6) is 0 Å². The minimum absolute atomic E-state index is 0.327. The summed E-state index contributed by atoms with van der Waals surface area (Å²) in [5.74, 6) is -0.686. The molecule has 0 saturated carbocycles. The second-order valence-corrected chi connectivity index (χ2v) is 4.34. The van der Waals surface area contributed by atoms with E-state index < -0.39 is 0 Å². The summed E-state index contributed by atoms with van der Waals surface area (Å²) in [4.78, 5) is 16.7. The van der Waals surface area contributed by atoms with Gasteiger partial charge in [0.05, 0.1) is 16.1 Å². The molecule has 0 aliphatic heterocycles. The zero-order chi connectivity index (χ0) is 10.4. The first-order chi connectivity index (χ1) is 7.29. The van der Waals surface area contributed by atoms with E-state index in [1.807, 2.05) is 24.3 Å². The van der Waals surface area contributed by atoms with Crippen LogP contribution in [0.1, 0.15) is 17.2 Å². The number of amides is 1. The van der Waals surface area contributed by atoms with Gasteiger partial charge < -0.3 is 5.73 Å². The largest absolute Gasteiger partial charge is 0.369 e. The van der Waals surface area contributed by atoms with Gasteiger partial charge in [-0.3, -0.25) is 4.79 Å². The number of primary amides is 1. The summed E-state index contributed by atoms with van der Waals surface area (Å²) in [6, 6.07) is 7.84. The van der Waals surface area contributed by atoms with Gasteiger partial charge >= 0.3 is 0 Å². The molecule has 1 aliphatic rings. The summed E-state index contributed by atoms with van der Waals surface area (Å²) in [5, 5.41) is 0. The molecule has 1 heterocycles. The Morgan fingerprint density at radius 3 is 3.00 bits per heavy atom. The number of aromatic nitrogens is 1. The molecule has 0 radical (unpaired) electrons. The molecule has 0 spiro atoms. The van der Waals surface area contributed by atoms with Crippen molar-refractivity contribution in [2.24, 2.45) is 5.73 Å². The maximum Gasteiger partial charge on any atom is 0.231 e. The van der Waals surface area contributed by atoms with Gasteiger partial charge in [-0.1, -0.05) is 24.3 Å². The van der Waals surface area contributed by atoms with Crippen LogP contribution in [-0.2, 0) is 4.79 Å². The zero-order valence-corrected chi connectivity index (χ0v) is 8.62. The molecule has 4 heteroatoms. The Morgan fingerprint density at radius 1 is 1.40 bits per heavy atom. The van der Waals surface area contributed by atoms with E-state index in [4.69, 9.17) is 5.73 Å². The molecular formula is C11H8N2OS. The van der Waals surface area contributed by atoms with Crippen molar-refractivity contribution in [2.45, 2.75) is 5.92 Å². The van der Waals surface area contributed by atoms with Gasteiger partial charge in [-0.2, -0.15) is 0 Å². The highest BCUT2D eigenvalue weighted by atomic mass is 32.1. The van der Waals surface area contributed by atoms with Crippen LogP contribution >= 0.6 is 11.3 Å². The highest BCUT2D eigenvalue weighted by Crippen LogP contribution is 2.45. The Labute approximate surface area is 90.6 Å². The van der Waals surface area contributed by atoms with Gasteiger partial charge in [-0.25, -0.2) is 4.98 Å². The van der Waals surface area contributed by atoms with E-state index >= 15 is 0 Å². The first-order valence-corrected chi connectivity index (χ1v) is 5.49. The third-order valence-electron chi connectivity index (χ3n) is 2.67. The highest BCUT2D eigenvalue weighted by molar-refractivity contribution is 7.13. The number of carbonyl (C=O) groups is 1. The SMILES string of the molecule is NC(=O)[C@H]1c2ccccc2-c2scnc21. The van der Waals surface area contributed by atoms with Gasteiger partial charge in [-0.15, -0.1) is 11.3 Å². The smallest absolute Gasteiger partial charge is 0.231 e. The van der Waals surface area contributed by atoms with E-state index in [0.717, 1.165) is 21.7 Å². The fraction of sp³-hybridized carbons (Fsp3) is 0.0909. The lowest BCUT2D eigenvalue weighted by Gasteiger charge is -2.06. The first-order valence-electron chi connectivity index (χ1n) is 4.61. The molecule has 3 nitrogen and oxygen atoms in total. The van der Waals surface area contributed by atoms with Crippen LogP contribution in [0, 0.1) is 0 Å². The van der Waals surface area contributed by atoms with Gasteiger partial charge in [0.15, 0.2) is 0 Å².